The Morgan fingerprint density at radius 3 is 2.31 bits per heavy atom. The molecule has 0 aliphatic carbocycles. The Labute approximate surface area is 188 Å². The lowest BCUT2D eigenvalue weighted by atomic mass is 10.2. The molecule has 1 N–H and O–H groups in total. The fourth-order valence-electron chi connectivity index (χ4n) is 2.48. The highest BCUT2D eigenvalue weighted by atomic mass is 35.5. The van der Waals surface area contributed by atoms with E-state index in [2.05, 4.69) is 10.5 Å². The van der Waals surface area contributed by atoms with Crippen molar-refractivity contribution in [3.05, 3.63) is 85.8 Å². The number of methoxy groups -OCH3 is 1. The first kappa shape index (κ1) is 21.6. The minimum absolute atomic E-state index is 0.332. The zero-order valence-electron chi connectivity index (χ0n) is 15.3. The second-order valence-electron chi connectivity index (χ2n) is 5.90. The van der Waals surface area contributed by atoms with E-state index in [4.69, 9.17) is 55.9 Å². The van der Waals surface area contributed by atoms with Gasteiger partial charge >= 0.3 is 0 Å². The zero-order chi connectivity index (χ0) is 20.8. The number of hydrogen-bond donors (Lipinski definition) is 1. The van der Waals surface area contributed by atoms with Gasteiger partial charge in [0.15, 0.2) is 11.5 Å². The first-order chi connectivity index (χ1) is 14.0. The standard InChI is InChI=1S/C21H16Cl4N2O2/c1-28-20-8-13(11-26-27-21-17(24)9-15(22)10-18(21)25)6-7-19(20)29-12-14-4-2-3-5-16(14)23/h2-11,27H,12H2,1H3/b26-11+. The highest BCUT2D eigenvalue weighted by Gasteiger charge is 2.08. The van der Waals surface area contributed by atoms with E-state index < -0.39 is 0 Å². The molecule has 4 nitrogen and oxygen atoms in total. The second-order valence-corrected chi connectivity index (χ2v) is 7.56. The Hall–Kier alpha value is -2.11. The van der Waals surface area contributed by atoms with Crippen molar-refractivity contribution in [3.63, 3.8) is 0 Å². The van der Waals surface area contributed by atoms with Crippen LogP contribution in [0.1, 0.15) is 11.1 Å². The molecule has 3 aromatic carbocycles. The van der Waals surface area contributed by atoms with Crippen molar-refractivity contribution in [1.82, 2.24) is 0 Å². The Kier molecular flexibility index (Phi) is 7.51. The number of nitrogens with one attached hydrogen (secondary N) is 1. The molecule has 0 unspecified atom stereocenters. The summed E-state index contributed by atoms with van der Waals surface area (Å²) in [5.41, 5.74) is 4.98. The maximum Gasteiger partial charge on any atom is 0.161 e. The molecule has 0 spiro atoms. The second kappa shape index (κ2) is 10.1. The molecule has 0 saturated carbocycles. The van der Waals surface area contributed by atoms with Gasteiger partial charge in [-0.05, 0) is 42.0 Å². The van der Waals surface area contributed by atoms with E-state index in [1.54, 1.807) is 37.6 Å². The molecular formula is C21H16Cl4N2O2. The number of anilines is 1. The molecule has 0 saturated heterocycles. The van der Waals surface area contributed by atoms with E-state index in [0.29, 0.717) is 43.9 Å². The summed E-state index contributed by atoms with van der Waals surface area (Å²) in [6.45, 7) is 0.332. The minimum Gasteiger partial charge on any atom is -0.493 e. The molecule has 8 heteroatoms. The number of rotatable bonds is 7. The predicted octanol–water partition coefficient (Wildman–Crippen LogP) is 7.33. The lowest BCUT2D eigenvalue weighted by Gasteiger charge is -2.12. The van der Waals surface area contributed by atoms with Crippen molar-refractivity contribution in [2.45, 2.75) is 6.61 Å². The highest BCUT2D eigenvalue weighted by molar-refractivity contribution is 6.41. The lowest BCUT2D eigenvalue weighted by Crippen LogP contribution is -1.99. The molecule has 150 valence electrons. The minimum atomic E-state index is 0.332. The molecule has 0 aliphatic heterocycles. The van der Waals surface area contributed by atoms with Gasteiger partial charge in [0.2, 0.25) is 0 Å². The Balaban J connectivity index is 1.70. The van der Waals surface area contributed by atoms with Gasteiger partial charge in [-0.25, -0.2) is 0 Å². The number of ether oxygens (including phenoxy) is 2. The summed E-state index contributed by atoms with van der Waals surface area (Å²) >= 11 is 24.3. The van der Waals surface area contributed by atoms with Gasteiger partial charge in [0.05, 0.1) is 29.1 Å². The molecule has 0 aliphatic rings. The number of hydrogen-bond acceptors (Lipinski definition) is 4. The molecule has 0 bridgehead atoms. The van der Waals surface area contributed by atoms with Gasteiger partial charge in [-0.1, -0.05) is 64.6 Å². The van der Waals surface area contributed by atoms with Crippen molar-refractivity contribution < 1.29 is 9.47 Å². The summed E-state index contributed by atoms with van der Waals surface area (Å²) in [5, 5.41) is 6.03. The fourth-order valence-corrected chi connectivity index (χ4v) is 3.57. The first-order valence-electron chi connectivity index (χ1n) is 8.46. The highest BCUT2D eigenvalue weighted by Crippen LogP contribution is 2.34. The summed E-state index contributed by atoms with van der Waals surface area (Å²) in [6, 6.07) is 16.1. The van der Waals surface area contributed by atoms with E-state index >= 15 is 0 Å². The average molecular weight is 470 g/mol. The molecule has 0 heterocycles. The molecular weight excluding hydrogens is 454 g/mol. The van der Waals surface area contributed by atoms with Crippen LogP contribution in [0.15, 0.2) is 59.7 Å². The van der Waals surface area contributed by atoms with Crippen LogP contribution in [-0.4, -0.2) is 13.3 Å². The number of nitrogens with zero attached hydrogens (tertiary/aromatic N) is 1. The van der Waals surface area contributed by atoms with Gasteiger partial charge in [-0.2, -0.15) is 5.10 Å². The molecule has 29 heavy (non-hydrogen) atoms. The third kappa shape index (κ3) is 5.71. The van der Waals surface area contributed by atoms with E-state index in [9.17, 15) is 0 Å². The normalized spacial score (nSPS) is 10.9. The van der Waals surface area contributed by atoms with E-state index in [1.807, 2.05) is 30.3 Å². The van der Waals surface area contributed by atoms with Gasteiger partial charge in [-0.3, -0.25) is 5.43 Å². The van der Waals surface area contributed by atoms with Crippen LogP contribution in [0.25, 0.3) is 0 Å². The Morgan fingerprint density at radius 2 is 1.62 bits per heavy atom. The van der Waals surface area contributed by atoms with Crippen LogP contribution in [0.3, 0.4) is 0 Å². The van der Waals surface area contributed by atoms with Crippen LogP contribution in [0.5, 0.6) is 11.5 Å². The topological polar surface area (TPSA) is 42.8 Å². The molecule has 0 amide bonds. The number of halogens is 4. The van der Waals surface area contributed by atoms with Gasteiger partial charge in [0.25, 0.3) is 0 Å². The monoisotopic (exact) mass is 468 g/mol. The van der Waals surface area contributed by atoms with Crippen molar-refractivity contribution in [1.29, 1.82) is 0 Å². The Morgan fingerprint density at radius 1 is 0.897 bits per heavy atom. The van der Waals surface area contributed by atoms with Gasteiger partial charge in [-0.15, -0.1) is 0 Å². The van der Waals surface area contributed by atoms with Gasteiger partial charge in [0.1, 0.15) is 6.61 Å². The van der Waals surface area contributed by atoms with Crippen LogP contribution in [-0.2, 0) is 6.61 Å². The average Bonchev–Trinajstić information content (AvgIpc) is 2.69. The van der Waals surface area contributed by atoms with Gasteiger partial charge < -0.3 is 9.47 Å². The van der Waals surface area contributed by atoms with Crippen LogP contribution in [0.4, 0.5) is 5.69 Å². The third-order valence-corrected chi connectivity index (χ3v) is 5.11. The van der Waals surface area contributed by atoms with Crippen LogP contribution < -0.4 is 14.9 Å². The lowest BCUT2D eigenvalue weighted by molar-refractivity contribution is 0.284. The van der Waals surface area contributed by atoms with E-state index in [1.165, 1.54) is 0 Å². The van der Waals surface area contributed by atoms with Crippen LogP contribution in [0.2, 0.25) is 20.1 Å². The summed E-state index contributed by atoms with van der Waals surface area (Å²) in [5.74, 6) is 1.17. The van der Waals surface area contributed by atoms with E-state index in [-0.39, 0.29) is 0 Å². The van der Waals surface area contributed by atoms with Crippen molar-refractivity contribution in [2.75, 3.05) is 12.5 Å². The van der Waals surface area contributed by atoms with Crippen molar-refractivity contribution >= 4 is 58.3 Å². The number of benzene rings is 3. The third-order valence-electron chi connectivity index (χ3n) is 3.93. The molecule has 0 aromatic heterocycles. The largest absolute Gasteiger partial charge is 0.493 e. The molecule has 0 radical (unpaired) electrons. The van der Waals surface area contributed by atoms with Gasteiger partial charge in [0, 0.05) is 15.6 Å². The van der Waals surface area contributed by atoms with Crippen molar-refractivity contribution in [2.24, 2.45) is 5.10 Å². The SMILES string of the molecule is COc1cc(/C=N/Nc2c(Cl)cc(Cl)cc2Cl)ccc1OCc1ccccc1Cl. The smallest absolute Gasteiger partial charge is 0.161 e. The maximum atomic E-state index is 6.17. The van der Waals surface area contributed by atoms with E-state index in [0.717, 1.165) is 11.1 Å². The summed E-state index contributed by atoms with van der Waals surface area (Å²) in [7, 11) is 1.57. The fraction of sp³-hybridized carbons (Fsp3) is 0.0952. The molecule has 3 rings (SSSR count). The summed E-state index contributed by atoms with van der Waals surface area (Å²) in [4.78, 5) is 0. The van der Waals surface area contributed by atoms with Crippen LogP contribution in [0, 0.1) is 0 Å². The summed E-state index contributed by atoms with van der Waals surface area (Å²) < 4.78 is 11.3. The summed E-state index contributed by atoms with van der Waals surface area (Å²) in [6.07, 6.45) is 1.61. The maximum absolute atomic E-state index is 6.17. The molecule has 3 aromatic rings. The first-order valence-corrected chi connectivity index (χ1v) is 9.97. The molecule has 0 fully saturated rings. The molecule has 0 atom stereocenters. The van der Waals surface area contributed by atoms with Crippen LogP contribution >= 0.6 is 46.4 Å². The Bertz CT molecular complexity index is 1020. The number of hydrazone groups is 1. The zero-order valence-corrected chi connectivity index (χ0v) is 18.3. The quantitative estimate of drug-likeness (QED) is 0.291. The predicted molar refractivity (Wildman–Crippen MR) is 121 cm³/mol. The van der Waals surface area contributed by atoms with Crippen molar-refractivity contribution in [3.8, 4) is 11.5 Å².